The van der Waals surface area contributed by atoms with Crippen LogP contribution in [0.5, 0.6) is 0 Å². The van der Waals surface area contributed by atoms with E-state index in [1.165, 1.54) is 12.1 Å². The largest absolute Gasteiger partial charge is 0.312 e. The lowest BCUT2D eigenvalue weighted by Crippen LogP contribution is -2.48. The van der Waals surface area contributed by atoms with Gasteiger partial charge >= 0.3 is 0 Å². The van der Waals surface area contributed by atoms with Crippen molar-refractivity contribution < 1.29 is 0 Å². The molecular weight excluding hydrogens is 312 g/mol. The minimum atomic E-state index is 0.107. The number of hydrogen-bond acceptors (Lipinski definition) is 4. The fraction of sp³-hybridized carbons (Fsp3) is 0.550. The highest BCUT2D eigenvalue weighted by atomic mass is 16.1. The molecule has 1 saturated heterocycles. The first-order chi connectivity index (χ1) is 12.0. The fourth-order valence-electron chi connectivity index (χ4n) is 4.48. The zero-order valence-corrected chi connectivity index (χ0v) is 15.3. The van der Waals surface area contributed by atoms with Gasteiger partial charge < -0.3 is 9.47 Å². The van der Waals surface area contributed by atoms with Gasteiger partial charge in [-0.05, 0) is 37.3 Å². The quantitative estimate of drug-likeness (QED) is 0.863. The average Bonchev–Trinajstić information content (AvgIpc) is 2.55. The lowest BCUT2D eigenvalue weighted by atomic mass is 9.82. The zero-order valence-electron chi connectivity index (χ0n) is 15.3. The Hall–Kier alpha value is -2.01. The van der Waals surface area contributed by atoms with Gasteiger partial charge in [0.05, 0.1) is 5.69 Å². The van der Waals surface area contributed by atoms with Crippen molar-refractivity contribution in [3.63, 3.8) is 0 Å². The Morgan fingerprint density at radius 2 is 2.00 bits per heavy atom. The van der Waals surface area contributed by atoms with E-state index in [1.807, 2.05) is 17.6 Å². The van der Waals surface area contributed by atoms with E-state index in [1.54, 1.807) is 12.4 Å². The van der Waals surface area contributed by atoms with Gasteiger partial charge in [0, 0.05) is 55.1 Å². The second-order valence-corrected chi connectivity index (χ2v) is 8.07. The second kappa shape index (κ2) is 6.37. The first kappa shape index (κ1) is 16.5. The Morgan fingerprint density at radius 1 is 1.16 bits per heavy atom. The Kier molecular flexibility index (Phi) is 4.20. The molecule has 0 radical (unpaired) electrons. The normalized spacial score (nSPS) is 22.9. The highest BCUT2D eigenvalue weighted by molar-refractivity contribution is 5.59. The number of fused-ring (bicyclic) bond motifs is 4. The topological polar surface area (TPSA) is 51.0 Å². The molecular formula is C20H26N4O. The number of rotatable bonds is 3. The Balaban J connectivity index is 1.72. The molecule has 2 aromatic rings. The van der Waals surface area contributed by atoms with Gasteiger partial charge in [-0.15, -0.1) is 0 Å². The van der Waals surface area contributed by atoms with Gasteiger partial charge in [-0.3, -0.25) is 4.79 Å². The van der Waals surface area contributed by atoms with Crippen molar-refractivity contribution in [1.29, 1.82) is 0 Å². The molecule has 2 aliphatic rings. The molecule has 25 heavy (non-hydrogen) atoms. The lowest BCUT2D eigenvalue weighted by Gasteiger charge is -2.43. The van der Waals surface area contributed by atoms with Gasteiger partial charge in [0.15, 0.2) is 0 Å². The van der Waals surface area contributed by atoms with Crippen LogP contribution in [0.15, 0.2) is 29.3 Å². The van der Waals surface area contributed by atoms with Crippen LogP contribution in [0, 0.1) is 18.8 Å². The predicted molar refractivity (Wildman–Crippen MR) is 98.6 cm³/mol. The van der Waals surface area contributed by atoms with Crippen LogP contribution >= 0.6 is 0 Å². The summed E-state index contributed by atoms with van der Waals surface area (Å²) in [6.07, 6.45) is 2.77. The molecule has 2 aromatic heterocycles. The molecule has 2 atom stereocenters. The van der Waals surface area contributed by atoms with Crippen LogP contribution in [0.1, 0.15) is 37.6 Å². The van der Waals surface area contributed by atoms with Crippen molar-refractivity contribution in [3.8, 4) is 11.3 Å². The van der Waals surface area contributed by atoms with E-state index in [0.29, 0.717) is 17.8 Å². The van der Waals surface area contributed by atoms with Crippen molar-refractivity contribution in [1.82, 2.24) is 19.4 Å². The first-order valence-electron chi connectivity index (χ1n) is 9.25. The highest BCUT2D eigenvalue weighted by Gasteiger charge is 2.35. The number of hydrogen-bond donors (Lipinski definition) is 0. The molecule has 0 saturated carbocycles. The molecule has 5 nitrogen and oxygen atoms in total. The van der Waals surface area contributed by atoms with Gasteiger partial charge in [-0.2, -0.15) is 0 Å². The second-order valence-electron chi connectivity index (χ2n) is 8.07. The SMILES string of the molecule is Cc1cc(-c2cc3n(c(=O)c2)C[C@H]2C[C@@H]3CN(CC(C)C)C2)ncn1. The maximum atomic E-state index is 12.7. The average molecular weight is 338 g/mol. The van der Waals surface area contributed by atoms with E-state index in [4.69, 9.17) is 0 Å². The van der Waals surface area contributed by atoms with Crippen LogP contribution in [0.2, 0.25) is 0 Å². The van der Waals surface area contributed by atoms with E-state index in [-0.39, 0.29) is 5.56 Å². The van der Waals surface area contributed by atoms with Gasteiger partial charge in [-0.1, -0.05) is 13.8 Å². The van der Waals surface area contributed by atoms with E-state index < -0.39 is 0 Å². The number of pyridine rings is 1. The van der Waals surface area contributed by atoms with Crippen molar-refractivity contribution in [3.05, 3.63) is 46.3 Å². The minimum Gasteiger partial charge on any atom is -0.312 e. The highest BCUT2D eigenvalue weighted by Crippen LogP contribution is 2.36. The maximum absolute atomic E-state index is 12.7. The Labute approximate surface area is 148 Å². The van der Waals surface area contributed by atoms with E-state index in [9.17, 15) is 4.79 Å². The molecule has 5 heteroatoms. The van der Waals surface area contributed by atoms with E-state index in [2.05, 4.69) is 34.8 Å². The summed E-state index contributed by atoms with van der Waals surface area (Å²) in [5.74, 6) is 1.72. The Bertz CT molecular complexity index is 842. The molecule has 132 valence electrons. The van der Waals surface area contributed by atoms with Crippen LogP contribution in [0.25, 0.3) is 11.3 Å². The fourth-order valence-corrected chi connectivity index (χ4v) is 4.48. The van der Waals surface area contributed by atoms with Gasteiger partial charge in [0.2, 0.25) is 0 Å². The molecule has 0 unspecified atom stereocenters. The third kappa shape index (κ3) is 3.25. The summed E-state index contributed by atoms with van der Waals surface area (Å²) < 4.78 is 2.00. The third-order valence-corrected chi connectivity index (χ3v) is 5.35. The third-order valence-electron chi connectivity index (χ3n) is 5.35. The van der Waals surface area contributed by atoms with Gasteiger partial charge in [-0.25, -0.2) is 9.97 Å². The summed E-state index contributed by atoms with van der Waals surface area (Å²) in [4.78, 5) is 23.8. The first-order valence-corrected chi connectivity index (χ1v) is 9.25. The summed E-state index contributed by atoms with van der Waals surface area (Å²) in [7, 11) is 0. The molecule has 2 bridgehead atoms. The molecule has 0 aliphatic carbocycles. The summed E-state index contributed by atoms with van der Waals surface area (Å²) in [5, 5.41) is 0. The van der Waals surface area contributed by atoms with Crippen LogP contribution in [-0.2, 0) is 6.54 Å². The van der Waals surface area contributed by atoms with Crippen LogP contribution in [0.3, 0.4) is 0 Å². The molecule has 0 amide bonds. The van der Waals surface area contributed by atoms with Crippen molar-refractivity contribution >= 4 is 0 Å². The van der Waals surface area contributed by atoms with Gasteiger partial charge in [0.1, 0.15) is 6.33 Å². The van der Waals surface area contributed by atoms with Gasteiger partial charge in [0.25, 0.3) is 5.56 Å². The molecule has 1 fully saturated rings. The van der Waals surface area contributed by atoms with Crippen LogP contribution in [0.4, 0.5) is 0 Å². The molecule has 4 rings (SSSR count). The summed E-state index contributed by atoms with van der Waals surface area (Å²) >= 11 is 0. The molecule has 4 heterocycles. The molecule has 2 aliphatic heterocycles. The van der Waals surface area contributed by atoms with Crippen molar-refractivity contribution in [2.45, 2.75) is 39.7 Å². The maximum Gasteiger partial charge on any atom is 0.251 e. The van der Waals surface area contributed by atoms with E-state index in [0.717, 1.165) is 43.1 Å². The standard InChI is InChI=1S/C20H26N4O/c1-13(2)8-23-9-15-5-17(11-23)19-6-16(7-20(25)24(19)10-15)18-4-14(3)21-12-22-18/h4,6-7,12-13,15,17H,5,8-11H2,1-3H3/t15-,17+/m0/s1. The molecule has 0 aromatic carbocycles. The van der Waals surface area contributed by atoms with E-state index >= 15 is 0 Å². The van der Waals surface area contributed by atoms with Crippen molar-refractivity contribution in [2.24, 2.45) is 11.8 Å². The molecule has 0 N–H and O–H groups in total. The van der Waals surface area contributed by atoms with Crippen molar-refractivity contribution in [2.75, 3.05) is 19.6 Å². The number of nitrogens with zero attached hydrogens (tertiary/aromatic N) is 4. The summed E-state index contributed by atoms with van der Waals surface area (Å²) in [6, 6.07) is 5.87. The number of aryl methyl sites for hydroxylation is 1. The number of piperidine rings is 1. The smallest absolute Gasteiger partial charge is 0.251 e. The predicted octanol–water partition coefficient (Wildman–Crippen LogP) is 2.69. The Morgan fingerprint density at radius 3 is 2.76 bits per heavy atom. The lowest BCUT2D eigenvalue weighted by molar-refractivity contribution is 0.109. The number of aromatic nitrogens is 3. The molecule has 0 spiro atoms. The van der Waals surface area contributed by atoms with Crippen LogP contribution in [-0.4, -0.2) is 39.1 Å². The number of likely N-dealkylation sites (tertiary alicyclic amines) is 1. The zero-order chi connectivity index (χ0) is 17.6. The summed E-state index contributed by atoms with van der Waals surface area (Å²) in [5.41, 5.74) is 3.97. The monoisotopic (exact) mass is 338 g/mol. The summed E-state index contributed by atoms with van der Waals surface area (Å²) in [6.45, 7) is 10.7. The van der Waals surface area contributed by atoms with Crippen LogP contribution < -0.4 is 5.56 Å². The minimum absolute atomic E-state index is 0.107.